The van der Waals surface area contributed by atoms with Crippen LogP contribution in [-0.4, -0.2) is 7.11 Å². The molecule has 0 amide bonds. The van der Waals surface area contributed by atoms with Gasteiger partial charge in [-0.1, -0.05) is 34.1 Å². The molecule has 2 rings (SSSR count). The van der Waals surface area contributed by atoms with Crippen molar-refractivity contribution in [2.24, 2.45) is 0 Å². The quantitative estimate of drug-likeness (QED) is 0.901. The number of methoxy groups -OCH3 is 1. The lowest BCUT2D eigenvalue weighted by Crippen LogP contribution is -2.10. The number of halogens is 1. The second kappa shape index (κ2) is 6.44. The van der Waals surface area contributed by atoms with Crippen molar-refractivity contribution in [1.82, 2.24) is 0 Å². The highest BCUT2D eigenvalue weighted by atomic mass is 79.9. The molecule has 1 N–H and O–H groups in total. The summed E-state index contributed by atoms with van der Waals surface area (Å²) in [7, 11) is 1.61. The van der Waals surface area contributed by atoms with Crippen LogP contribution in [0.5, 0.6) is 5.75 Å². The summed E-state index contributed by atoms with van der Waals surface area (Å²) in [6.45, 7) is 2.01. The molecule has 0 bridgehead atoms. The third-order valence-corrected chi connectivity index (χ3v) is 3.81. The van der Waals surface area contributed by atoms with E-state index in [0.29, 0.717) is 0 Å². The molecular weight excluding hydrogens is 316 g/mol. The third kappa shape index (κ3) is 3.12. The minimum Gasteiger partial charge on any atom is -0.497 e. The SMILES string of the molecule is COc1ccc(Br)c(C(C#N)Nc2ccccc2C)c1. The zero-order chi connectivity index (χ0) is 14.5. The fourth-order valence-electron chi connectivity index (χ4n) is 1.94. The average molecular weight is 331 g/mol. The molecule has 3 nitrogen and oxygen atoms in total. The highest BCUT2D eigenvalue weighted by Crippen LogP contribution is 2.30. The van der Waals surface area contributed by atoms with E-state index in [1.165, 1.54) is 0 Å². The van der Waals surface area contributed by atoms with Crippen molar-refractivity contribution in [1.29, 1.82) is 5.26 Å². The monoisotopic (exact) mass is 330 g/mol. The topological polar surface area (TPSA) is 45.0 Å². The fraction of sp³-hybridized carbons (Fsp3) is 0.188. The van der Waals surface area contributed by atoms with Crippen LogP contribution in [0.25, 0.3) is 0 Å². The Bertz CT molecular complexity index is 649. The van der Waals surface area contributed by atoms with Gasteiger partial charge in [0.2, 0.25) is 0 Å². The second-order valence-electron chi connectivity index (χ2n) is 4.41. The maximum atomic E-state index is 9.45. The molecule has 0 fully saturated rings. The van der Waals surface area contributed by atoms with Crippen LogP contribution < -0.4 is 10.1 Å². The van der Waals surface area contributed by atoms with Gasteiger partial charge in [-0.2, -0.15) is 5.26 Å². The summed E-state index contributed by atoms with van der Waals surface area (Å²) in [5.41, 5.74) is 2.91. The molecule has 2 aromatic carbocycles. The van der Waals surface area contributed by atoms with Gasteiger partial charge in [0.25, 0.3) is 0 Å². The molecule has 0 saturated heterocycles. The van der Waals surface area contributed by atoms with E-state index in [1.807, 2.05) is 49.4 Å². The number of nitrogens with one attached hydrogen (secondary N) is 1. The Morgan fingerprint density at radius 2 is 2.00 bits per heavy atom. The Labute approximate surface area is 127 Å². The van der Waals surface area contributed by atoms with Crippen molar-refractivity contribution in [2.45, 2.75) is 13.0 Å². The Kier molecular flexibility index (Phi) is 4.65. The van der Waals surface area contributed by atoms with Gasteiger partial charge in [-0.25, -0.2) is 0 Å². The van der Waals surface area contributed by atoms with Gasteiger partial charge in [0.1, 0.15) is 11.8 Å². The van der Waals surface area contributed by atoms with Crippen molar-refractivity contribution < 1.29 is 4.74 Å². The van der Waals surface area contributed by atoms with Crippen LogP contribution in [0.1, 0.15) is 17.2 Å². The van der Waals surface area contributed by atoms with Crippen molar-refractivity contribution in [3.63, 3.8) is 0 Å². The molecule has 0 aromatic heterocycles. The zero-order valence-corrected chi connectivity index (χ0v) is 12.9. The first-order valence-electron chi connectivity index (χ1n) is 6.21. The van der Waals surface area contributed by atoms with E-state index in [1.54, 1.807) is 7.11 Å². The van der Waals surface area contributed by atoms with Gasteiger partial charge in [0.15, 0.2) is 0 Å². The number of ether oxygens (including phenoxy) is 1. The van der Waals surface area contributed by atoms with E-state index in [-0.39, 0.29) is 0 Å². The minimum atomic E-state index is -0.444. The van der Waals surface area contributed by atoms with E-state index in [9.17, 15) is 5.26 Å². The molecule has 2 aromatic rings. The van der Waals surface area contributed by atoms with Gasteiger partial charge in [-0.15, -0.1) is 0 Å². The Morgan fingerprint density at radius 3 is 2.65 bits per heavy atom. The van der Waals surface area contributed by atoms with Gasteiger partial charge >= 0.3 is 0 Å². The lowest BCUT2D eigenvalue weighted by Gasteiger charge is -2.17. The summed E-state index contributed by atoms with van der Waals surface area (Å²) >= 11 is 3.49. The molecule has 0 heterocycles. The maximum Gasteiger partial charge on any atom is 0.141 e. The van der Waals surface area contributed by atoms with Crippen molar-refractivity contribution in [3.05, 3.63) is 58.1 Å². The molecule has 0 aliphatic carbocycles. The first kappa shape index (κ1) is 14.4. The van der Waals surface area contributed by atoms with Gasteiger partial charge in [0.05, 0.1) is 13.2 Å². The molecule has 0 aliphatic heterocycles. The summed E-state index contributed by atoms with van der Waals surface area (Å²) in [5.74, 6) is 0.732. The average Bonchev–Trinajstić information content (AvgIpc) is 2.47. The fourth-order valence-corrected chi connectivity index (χ4v) is 2.42. The summed E-state index contributed by atoms with van der Waals surface area (Å²) in [6, 6.07) is 15.4. The van der Waals surface area contributed by atoms with E-state index in [4.69, 9.17) is 4.74 Å². The number of anilines is 1. The Morgan fingerprint density at radius 1 is 1.25 bits per heavy atom. The zero-order valence-electron chi connectivity index (χ0n) is 11.4. The number of benzene rings is 2. The van der Waals surface area contributed by atoms with Crippen LogP contribution in [0, 0.1) is 18.3 Å². The number of aryl methyl sites for hydroxylation is 1. The van der Waals surface area contributed by atoms with Crippen LogP contribution in [0.2, 0.25) is 0 Å². The van der Waals surface area contributed by atoms with Crippen molar-refractivity contribution in [3.8, 4) is 11.8 Å². The molecule has 102 valence electrons. The summed E-state index contributed by atoms with van der Waals surface area (Å²) < 4.78 is 6.10. The highest BCUT2D eigenvalue weighted by Gasteiger charge is 2.15. The number of hydrogen-bond donors (Lipinski definition) is 1. The van der Waals surface area contributed by atoms with Gasteiger partial charge in [0, 0.05) is 15.7 Å². The number of rotatable bonds is 4. The van der Waals surface area contributed by atoms with E-state index in [2.05, 4.69) is 27.3 Å². The number of nitrogens with zero attached hydrogens (tertiary/aromatic N) is 1. The maximum absolute atomic E-state index is 9.45. The van der Waals surface area contributed by atoms with Crippen LogP contribution >= 0.6 is 15.9 Å². The van der Waals surface area contributed by atoms with Gasteiger partial charge in [-0.3, -0.25) is 0 Å². The molecule has 0 radical (unpaired) electrons. The molecule has 0 spiro atoms. The second-order valence-corrected chi connectivity index (χ2v) is 5.26. The van der Waals surface area contributed by atoms with Crippen LogP contribution in [-0.2, 0) is 0 Å². The Hall–Kier alpha value is -1.99. The minimum absolute atomic E-state index is 0.444. The lowest BCUT2D eigenvalue weighted by atomic mass is 10.1. The molecule has 20 heavy (non-hydrogen) atoms. The summed E-state index contributed by atoms with van der Waals surface area (Å²) in [6.07, 6.45) is 0. The molecule has 0 aliphatic rings. The summed E-state index contributed by atoms with van der Waals surface area (Å²) in [4.78, 5) is 0. The van der Waals surface area contributed by atoms with E-state index >= 15 is 0 Å². The first-order chi connectivity index (χ1) is 9.65. The predicted octanol–water partition coefficient (Wildman–Crippen LogP) is 4.44. The lowest BCUT2D eigenvalue weighted by molar-refractivity contribution is 0.414. The Balaban J connectivity index is 2.34. The molecule has 1 unspecified atom stereocenters. The van der Waals surface area contributed by atoms with E-state index in [0.717, 1.165) is 27.0 Å². The number of para-hydroxylation sites is 1. The number of hydrogen-bond acceptors (Lipinski definition) is 3. The predicted molar refractivity (Wildman–Crippen MR) is 83.8 cm³/mol. The normalized spacial score (nSPS) is 11.5. The van der Waals surface area contributed by atoms with Gasteiger partial charge in [-0.05, 0) is 36.8 Å². The van der Waals surface area contributed by atoms with E-state index < -0.39 is 6.04 Å². The van der Waals surface area contributed by atoms with Crippen molar-refractivity contribution >= 4 is 21.6 Å². The largest absolute Gasteiger partial charge is 0.497 e. The van der Waals surface area contributed by atoms with Crippen LogP contribution in [0.15, 0.2) is 46.9 Å². The molecule has 0 saturated carbocycles. The number of nitriles is 1. The molecule has 4 heteroatoms. The first-order valence-corrected chi connectivity index (χ1v) is 7.00. The highest BCUT2D eigenvalue weighted by molar-refractivity contribution is 9.10. The smallest absolute Gasteiger partial charge is 0.141 e. The van der Waals surface area contributed by atoms with Crippen molar-refractivity contribution in [2.75, 3.05) is 12.4 Å². The molecule has 1 atom stereocenters. The van der Waals surface area contributed by atoms with Gasteiger partial charge < -0.3 is 10.1 Å². The summed E-state index contributed by atoms with van der Waals surface area (Å²) in [5, 5.41) is 12.7. The van der Waals surface area contributed by atoms with Crippen LogP contribution in [0.4, 0.5) is 5.69 Å². The third-order valence-electron chi connectivity index (χ3n) is 3.09. The van der Waals surface area contributed by atoms with Crippen LogP contribution in [0.3, 0.4) is 0 Å². The molecular formula is C16H15BrN2O. The standard InChI is InChI=1S/C16H15BrN2O/c1-11-5-3-4-6-15(11)19-16(10-18)13-9-12(20-2)7-8-14(13)17/h3-9,16,19H,1-2H3.